The van der Waals surface area contributed by atoms with Gasteiger partial charge in [0.1, 0.15) is 11.3 Å². The fourth-order valence-corrected chi connectivity index (χ4v) is 1.74. The van der Waals surface area contributed by atoms with Gasteiger partial charge in [-0.25, -0.2) is 4.79 Å². The highest BCUT2D eigenvalue weighted by molar-refractivity contribution is 5.95. The average Bonchev–Trinajstić information content (AvgIpc) is 2.58. The molecule has 0 aliphatic carbocycles. The summed E-state index contributed by atoms with van der Waals surface area (Å²) in [4.78, 5) is 23.6. The lowest BCUT2D eigenvalue weighted by Gasteiger charge is -2.13. The van der Waals surface area contributed by atoms with Gasteiger partial charge in [-0.1, -0.05) is 0 Å². The van der Waals surface area contributed by atoms with Gasteiger partial charge in [-0.3, -0.25) is 4.79 Å². The van der Waals surface area contributed by atoms with Crippen molar-refractivity contribution >= 4 is 11.9 Å². The van der Waals surface area contributed by atoms with E-state index in [1.807, 2.05) is 0 Å². The number of esters is 1. The maximum absolute atomic E-state index is 12.1. The summed E-state index contributed by atoms with van der Waals surface area (Å²) in [7, 11) is 5.85. The number of carbonyl (C=O) groups excluding carboxylic acids is 2. The molecule has 0 unspecified atom stereocenters. The van der Waals surface area contributed by atoms with Crippen molar-refractivity contribution < 1.29 is 33.3 Å². The van der Waals surface area contributed by atoms with Gasteiger partial charge in [0.15, 0.2) is 18.1 Å². The van der Waals surface area contributed by atoms with Crippen molar-refractivity contribution in [3.8, 4) is 17.2 Å². The van der Waals surface area contributed by atoms with Crippen LogP contribution in [0.3, 0.4) is 0 Å². The molecule has 0 fully saturated rings. The Morgan fingerprint density at radius 3 is 2.13 bits per heavy atom. The van der Waals surface area contributed by atoms with Gasteiger partial charge >= 0.3 is 5.97 Å². The Balaban J connectivity index is 2.77. The first-order chi connectivity index (χ1) is 11.1. The summed E-state index contributed by atoms with van der Waals surface area (Å²) in [6.07, 6.45) is 0. The number of methoxy groups -OCH3 is 4. The highest BCUT2D eigenvalue weighted by Crippen LogP contribution is 2.34. The van der Waals surface area contributed by atoms with Crippen LogP contribution in [0.5, 0.6) is 17.2 Å². The van der Waals surface area contributed by atoms with Gasteiger partial charge in [-0.05, 0) is 0 Å². The van der Waals surface area contributed by atoms with E-state index < -0.39 is 18.5 Å². The second-order valence-corrected chi connectivity index (χ2v) is 4.33. The highest BCUT2D eigenvalue weighted by Gasteiger charge is 2.19. The van der Waals surface area contributed by atoms with Crippen molar-refractivity contribution in [2.24, 2.45) is 0 Å². The SMILES string of the molecule is COCCNC(=O)COC(=O)c1cc(OC)c(OC)cc1OC. The lowest BCUT2D eigenvalue weighted by molar-refractivity contribution is -0.124. The molecule has 0 heterocycles. The molecule has 23 heavy (non-hydrogen) atoms. The maximum Gasteiger partial charge on any atom is 0.342 e. The first-order valence-electron chi connectivity index (χ1n) is 6.80. The van der Waals surface area contributed by atoms with Gasteiger partial charge in [0.05, 0.1) is 27.9 Å². The first kappa shape index (κ1) is 18.6. The summed E-state index contributed by atoms with van der Waals surface area (Å²) in [6, 6.07) is 2.94. The Bertz CT molecular complexity index is 545. The van der Waals surface area contributed by atoms with Crippen molar-refractivity contribution in [1.82, 2.24) is 5.32 Å². The van der Waals surface area contributed by atoms with E-state index >= 15 is 0 Å². The second kappa shape index (κ2) is 9.52. The Hall–Kier alpha value is -2.48. The fourth-order valence-electron chi connectivity index (χ4n) is 1.74. The second-order valence-electron chi connectivity index (χ2n) is 4.33. The predicted octanol–water partition coefficient (Wildman–Crippen LogP) is 0.632. The van der Waals surface area contributed by atoms with Crippen LogP contribution in [0, 0.1) is 0 Å². The number of hydrogen-bond acceptors (Lipinski definition) is 7. The standard InChI is InChI=1S/C15H21NO7/c1-19-6-5-16-14(17)9-23-15(18)10-7-12(21-3)13(22-4)8-11(10)20-2/h7-8H,5-6,9H2,1-4H3,(H,16,17). The van der Waals surface area contributed by atoms with Crippen LogP contribution in [0.25, 0.3) is 0 Å². The van der Waals surface area contributed by atoms with Crippen LogP contribution in [0.2, 0.25) is 0 Å². The summed E-state index contributed by atoms with van der Waals surface area (Å²) in [5.41, 5.74) is 0.134. The van der Waals surface area contributed by atoms with Crippen molar-refractivity contribution in [1.29, 1.82) is 0 Å². The summed E-state index contributed by atoms with van der Waals surface area (Å²) in [5.74, 6) is -0.102. The van der Waals surface area contributed by atoms with Gasteiger partial charge in [-0.2, -0.15) is 0 Å². The van der Waals surface area contributed by atoms with E-state index in [-0.39, 0.29) is 11.3 Å². The number of benzene rings is 1. The summed E-state index contributed by atoms with van der Waals surface area (Å²) < 4.78 is 25.2. The molecule has 0 aliphatic rings. The van der Waals surface area contributed by atoms with Crippen molar-refractivity contribution in [3.05, 3.63) is 17.7 Å². The Labute approximate surface area is 134 Å². The normalized spacial score (nSPS) is 9.91. The van der Waals surface area contributed by atoms with Crippen LogP contribution in [0.4, 0.5) is 0 Å². The van der Waals surface area contributed by atoms with Crippen LogP contribution in [-0.4, -0.2) is 60.1 Å². The van der Waals surface area contributed by atoms with E-state index in [2.05, 4.69) is 5.32 Å². The van der Waals surface area contributed by atoms with Crippen molar-refractivity contribution in [3.63, 3.8) is 0 Å². The quantitative estimate of drug-likeness (QED) is 0.525. The van der Waals surface area contributed by atoms with E-state index in [4.69, 9.17) is 23.7 Å². The number of rotatable bonds is 9. The average molecular weight is 327 g/mol. The largest absolute Gasteiger partial charge is 0.496 e. The molecular formula is C15H21NO7. The monoisotopic (exact) mass is 327 g/mol. The third-order valence-electron chi connectivity index (χ3n) is 2.89. The topological polar surface area (TPSA) is 92.3 Å². The first-order valence-corrected chi connectivity index (χ1v) is 6.80. The molecule has 0 aliphatic heterocycles. The summed E-state index contributed by atoms with van der Waals surface area (Å²) in [6.45, 7) is 0.315. The number of carbonyl (C=O) groups is 2. The fraction of sp³-hybridized carbons (Fsp3) is 0.467. The molecule has 0 spiro atoms. The zero-order chi connectivity index (χ0) is 17.2. The molecule has 0 atom stereocenters. The van der Waals surface area contributed by atoms with Gasteiger partial charge < -0.3 is 29.0 Å². The number of ether oxygens (including phenoxy) is 5. The molecule has 1 aromatic rings. The third-order valence-corrected chi connectivity index (χ3v) is 2.89. The molecule has 0 radical (unpaired) electrons. The maximum atomic E-state index is 12.1. The lowest BCUT2D eigenvalue weighted by Crippen LogP contribution is -2.31. The van der Waals surface area contributed by atoms with E-state index in [1.54, 1.807) is 0 Å². The molecule has 128 valence electrons. The van der Waals surface area contributed by atoms with Crippen LogP contribution < -0.4 is 19.5 Å². The lowest BCUT2D eigenvalue weighted by atomic mass is 10.1. The zero-order valence-corrected chi connectivity index (χ0v) is 13.6. The van der Waals surface area contributed by atoms with Crippen LogP contribution in [0.15, 0.2) is 12.1 Å². The van der Waals surface area contributed by atoms with Crippen LogP contribution in [0.1, 0.15) is 10.4 Å². The molecular weight excluding hydrogens is 306 g/mol. The van der Waals surface area contributed by atoms with Crippen LogP contribution >= 0.6 is 0 Å². The minimum Gasteiger partial charge on any atom is -0.496 e. The molecule has 1 aromatic carbocycles. The summed E-state index contributed by atoms with van der Waals surface area (Å²) in [5, 5.41) is 2.54. The van der Waals surface area contributed by atoms with Crippen LogP contribution in [-0.2, 0) is 14.3 Å². The molecule has 0 saturated carbocycles. The smallest absolute Gasteiger partial charge is 0.342 e. The molecule has 0 bridgehead atoms. The Kier molecular flexibility index (Phi) is 7.69. The third kappa shape index (κ3) is 5.33. The number of hydrogen-bond donors (Lipinski definition) is 1. The molecule has 8 heteroatoms. The minimum absolute atomic E-state index is 0.134. The van der Waals surface area contributed by atoms with Gasteiger partial charge in [0.2, 0.25) is 0 Å². The minimum atomic E-state index is -0.704. The highest BCUT2D eigenvalue weighted by atomic mass is 16.5. The van der Waals surface area contributed by atoms with Gasteiger partial charge in [0, 0.05) is 25.8 Å². The molecule has 1 rings (SSSR count). The van der Waals surface area contributed by atoms with Crippen molar-refractivity contribution in [2.45, 2.75) is 0 Å². The van der Waals surface area contributed by atoms with E-state index in [9.17, 15) is 9.59 Å². The predicted molar refractivity (Wildman–Crippen MR) is 81.3 cm³/mol. The number of nitrogens with one attached hydrogen (secondary N) is 1. The van der Waals surface area contributed by atoms with E-state index in [0.717, 1.165) is 0 Å². The molecule has 0 saturated heterocycles. The van der Waals surface area contributed by atoms with E-state index in [0.29, 0.717) is 24.7 Å². The van der Waals surface area contributed by atoms with Gasteiger partial charge in [0.25, 0.3) is 5.91 Å². The van der Waals surface area contributed by atoms with Gasteiger partial charge in [-0.15, -0.1) is 0 Å². The molecule has 1 N–H and O–H groups in total. The van der Waals surface area contributed by atoms with Crippen molar-refractivity contribution in [2.75, 3.05) is 48.2 Å². The molecule has 1 amide bonds. The Morgan fingerprint density at radius 1 is 0.957 bits per heavy atom. The van der Waals surface area contributed by atoms with E-state index in [1.165, 1.54) is 40.6 Å². The zero-order valence-electron chi connectivity index (χ0n) is 13.6. The molecule has 0 aromatic heterocycles. The summed E-state index contributed by atoms with van der Waals surface area (Å²) >= 11 is 0. The Morgan fingerprint density at radius 2 is 1.57 bits per heavy atom. The molecule has 8 nitrogen and oxygen atoms in total. The number of amides is 1.